The zero-order valence-electron chi connectivity index (χ0n) is 21.2. The minimum absolute atomic E-state index is 0.0485. The van der Waals surface area contributed by atoms with Crippen molar-refractivity contribution in [3.8, 4) is 0 Å². The van der Waals surface area contributed by atoms with Gasteiger partial charge in [0, 0.05) is 30.7 Å². The third-order valence-electron chi connectivity index (χ3n) is 7.90. The van der Waals surface area contributed by atoms with E-state index in [0.29, 0.717) is 37.4 Å². The first-order chi connectivity index (χ1) is 16.0. The molecule has 188 valence electrons. The molecule has 0 aromatic heterocycles. The Kier molecular flexibility index (Phi) is 7.22. The monoisotopic (exact) mass is 472 g/mol. The number of carbonyl (C=O) groups is 2. The standard InChI is InChI=1S/C27H41FN4O2/c1-18(2)7-8-29-25(34)31-26(4)12-20-9-19(3)11-27(13-20,17-26)30-14-24(33)32-15-21-5-6-23(28)10-22(21)16-32/h5-6,10,18-20,30H,7-9,11-17H2,1-4H3,(H2,29,31,34). The molecule has 0 saturated heterocycles. The van der Waals surface area contributed by atoms with Gasteiger partial charge in [-0.25, -0.2) is 9.18 Å². The smallest absolute Gasteiger partial charge is 0.315 e. The first-order valence-corrected chi connectivity index (χ1v) is 12.9. The molecule has 0 spiro atoms. The minimum Gasteiger partial charge on any atom is -0.338 e. The van der Waals surface area contributed by atoms with Gasteiger partial charge in [0.2, 0.25) is 5.91 Å². The first-order valence-electron chi connectivity index (χ1n) is 12.9. The maximum atomic E-state index is 13.6. The van der Waals surface area contributed by atoms with Gasteiger partial charge in [-0.15, -0.1) is 0 Å². The highest BCUT2D eigenvalue weighted by molar-refractivity contribution is 5.79. The van der Waals surface area contributed by atoms with Crippen LogP contribution in [0.2, 0.25) is 0 Å². The largest absolute Gasteiger partial charge is 0.338 e. The Labute approximate surface area is 203 Å². The van der Waals surface area contributed by atoms with Crippen LogP contribution in [0.15, 0.2) is 18.2 Å². The van der Waals surface area contributed by atoms with E-state index in [1.165, 1.54) is 12.1 Å². The molecule has 3 amide bonds. The molecule has 4 unspecified atom stereocenters. The Bertz CT molecular complexity index is 918. The van der Waals surface area contributed by atoms with Crippen molar-refractivity contribution >= 4 is 11.9 Å². The third kappa shape index (κ3) is 5.91. The number of benzene rings is 1. The van der Waals surface area contributed by atoms with Gasteiger partial charge in [-0.2, -0.15) is 0 Å². The number of amides is 3. The fourth-order valence-electron chi connectivity index (χ4n) is 6.80. The Hall–Kier alpha value is -2.15. The Balaban J connectivity index is 1.37. The summed E-state index contributed by atoms with van der Waals surface area (Å²) in [6.45, 7) is 10.7. The van der Waals surface area contributed by atoms with Crippen LogP contribution in [0.1, 0.15) is 77.3 Å². The summed E-state index contributed by atoms with van der Waals surface area (Å²) in [5.41, 5.74) is 1.46. The summed E-state index contributed by atoms with van der Waals surface area (Å²) in [6.07, 6.45) is 5.97. The molecular formula is C27H41FN4O2. The van der Waals surface area contributed by atoms with E-state index in [2.05, 4.69) is 43.6 Å². The van der Waals surface area contributed by atoms with Crippen molar-refractivity contribution in [1.29, 1.82) is 0 Å². The normalized spacial score (nSPS) is 30.2. The molecule has 1 aromatic carbocycles. The number of fused-ring (bicyclic) bond motifs is 3. The highest BCUT2D eigenvalue weighted by Gasteiger charge is 2.50. The lowest BCUT2D eigenvalue weighted by molar-refractivity contribution is -0.131. The molecular weight excluding hydrogens is 431 g/mol. The van der Waals surface area contributed by atoms with Crippen molar-refractivity contribution in [2.24, 2.45) is 17.8 Å². The molecule has 2 fully saturated rings. The molecule has 34 heavy (non-hydrogen) atoms. The summed E-state index contributed by atoms with van der Waals surface area (Å²) in [6, 6.07) is 4.68. The van der Waals surface area contributed by atoms with Crippen LogP contribution >= 0.6 is 0 Å². The summed E-state index contributed by atoms with van der Waals surface area (Å²) < 4.78 is 13.6. The topological polar surface area (TPSA) is 73.5 Å². The zero-order chi connectivity index (χ0) is 24.5. The number of hydrogen-bond donors (Lipinski definition) is 3. The van der Waals surface area contributed by atoms with Crippen molar-refractivity contribution in [3.63, 3.8) is 0 Å². The fourth-order valence-corrected chi connectivity index (χ4v) is 6.80. The van der Waals surface area contributed by atoms with Gasteiger partial charge in [-0.1, -0.05) is 26.8 Å². The van der Waals surface area contributed by atoms with E-state index in [1.54, 1.807) is 11.0 Å². The van der Waals surface area contributed by atoms with Crippen LogP contribution < -0.4 is 16.0 Å². The molecule has 2 bridgehead atoms. The number of halogens is 1. The summed E-state index contributed by atoms with van der Waals surface area (Å²) in [5.74, 6) is 1.46. The predicted octanol–water partition coefficient (Wildman–Crippen LogP) is 4.33. The van der Waals surface area contributed by atoms with Crippen molar-refractivity contribution in [2.75, 3.05) is 13.1 Å². The molecule has 0 radical (unpaired) electrons. The number of rotatable bonds is 7. The second-order valence-corrected chi connectivity index (χ2v) is 11.9. The average molecular weight is 473 g/mol. The van der Waals surface area contributed by atoms with E-state index >= 15 is 0 Å². The number of nitrogens with zero attached hydrogens (tertiary/aromatic N) is 1. The van der Waals surface area contributed by atoms with Gasteiger partial charge in [0.1, 0.15) is 5.82 Å². The number of nitrogens with one attached hydrogen (secondary N) is 3. The average Bonchev–Trinajstić information content (AvgIpc) is 3.13. The van der Waals surface area contributed by atoms with Gasteiger partial charge >= 0.3 is 6.03 Å². The summed E-state index contributed by atoms with van der Waals surface area (Å²) in [4.78, 5) is 27.5. The summed E-state index contributed by atoms with van der Waals surface area (Å²) >= 11 is 0. The summed E-state index contributed by atoms with van der Waals surface area (Å²) in [5, 5.41) is 9.95. The van der Waals surface area contributed by atoms with Crippen molar-refractivity contribution in [2.45, 2.75) is 90.4 Å². The molecule has 4 rings (SSSR count). The third-order valence-corrected chi connectivity index (χ3v) is 7.90. The van der Waals surface area contributed by atoms with E-state index in [1.807, 2.05) is 0 Å². The predicted molar refractivity (Wildman–Crippen MR) is 132 cm³/mol. The minimum atomic E-state index is -0.303. The van der Waals surface area contributed by atoms with Crippen LogP contribution in [0.4, 0.5) is 9.18 Å². The van der Waals surface area contributed by atoms with Crippen LogP contribution in [0.25, 0.3) is 0 Å². The molecule has 7 heteroatoms. The van der Waals surface area contributed by atoms with E-state index < -0.39 is 0 Å². The fraction of sp³-hybridized carbons (Fsp3) is 0.704. The molecule has 1 aromatic rings. The molecule has 3 aliphatic rings. The lowest BCUT2D eigenvalue weighted by atomic mass is 9.58. The van der Waals surface area contributed by atoms with Crippen molar-refractivity contribution < 1.29 is 14.0 Å². The lowest BCUT2D eigenvalue weighted by Crippen LogP contribution is -2.65. The maximum Gasteiger partial charge on any atom is 0.315 e. The Morgan fingerprint density at radius 1 is 1.18 bits per heavy atom. The molecule has 4 atom stereocenters. The first kappa shape index (κ1) is 25.0. The number of carbonyl (C=O) groups excluding carboxylic acids is 2. The second-order valence-electron chi connectivity index (χ2n) is 11.9. The number of hydrogen-bond acceptors (Lipinski definition) is 3. The van der Waals surface area contributed by atoms with Crippen LogP contribution in [0.3, 0.4) is 0 Å². The van der Waals surface area contributed by atoms with Crippen molar-refractivity contribution in [1.82, 2.24) is 20.9 Å². The van der Waals surface area contributed by atoms with Gasteiger partial charge in [0.05, 0.1) is 6.54 Å². The van der Waals surface area contributed by atoms with Gasteiger partial charge in [0.25, 0.3) is 0 Å². The second kappa shape index (κ2) is 9.84. The molecule has 6 nitrogen and oxygen atoms in total. The maximum absolute atomic E-state index is 13.6. The Morgan fingerprint density at radius 3 is 2.71 bits per heavy atom. The molecule has 3 N–H and O–H groups in total. The molecule has 2 aliphatic carbocycles. The van der Waals surface area contributed by atoms with Gasteiger partial charge in [-0.3, -0.25) is 4.79 Å². The van der Waals surface area contributed by atoms with E-state index in [4.69, 9.17) is 0 Å². The highest BCUT2D eigenvalue weighted by atomic mass is 19.1. The Morgan fingerprint density at radius 2 is 1.94 bits per heavy atom. The van der Waals surface area contributed by atoms with Crippen molar-refractivity contribution in [3.05, 3.63) is 35.1 Å². The van der Waals surface area contributed by atoms with Crippen LogP contribution in [0, 0.1) is 23.6 Å². The van der Waals surface area contributed by atoms with Gasteiger partial charge in [-0.05, 0) is 86.5 Å². The van der Waals surface area contributed by atoms with E-state index in [9.17, 15) is 14.0 Å². The van der Waals surface area contributed by atoms with Gasteiger partial charge < -0.3 is 20.9 Å². The van der Waals surface area contributed by atoms with E-state index in [-0.39, 0.29) is 35.4 Å². The molecule has 1 heterocycles. The summed E-state index contributed by atoms with van der Waals surface area (Å²) in [7, 11) is 0. The quantitative estimate of drug-likeness (QED) is 0.553. The van der Waals surface area contributed by atoms with Crippen LogP contribution in [-0.2, 0) is 17.9 Å². The van der Waals surface area contributed by atoms with E-state index in [0.717, 1.165) is 49.7 Å². The SMILES string of the molecule is CC(C)CCNC(=O)NC1(C)CC2CC(C)CC(NCC(=O)N3Cc4ccc(F)cc4C3)(C2)C1. The molecule has 1 aliphatic heterocycles. The van der Waals surface area contributed by atoms with Gasteiger partial charge in [0.15, 0.2) is 0 Å². The molecule has 2 saturated carbocycles. The van der Waals surface area contributed by atoms with Crippen LogP contribution in [-0.4, -0.2) is 41.0 Å². The zero-order valence-corrected chi connectivity index (χ0v) is 21.2. The highest BCUT2D eigenvalue weighted by Crippen LogP contribution is 2.48. The van der Waals surface area contributed by atoms with Crippen LogP contribution in [0.5, 0.6) is 0 Å². The number of urea groups is 1. The lowest BCUT2D eigenvalue weighted by Gasteiger charge is -2.55.